The summed E-state index contributed by atoms with van der Waals surface area (Å²) in [5, 5.41) is 2.78. The molecule has 0 radical (unpaired) electrons. The first-order chi connectivity index (χ1) is 11.2. The van der Waals surface area contributed by atoms with E-state index in [-0.39, 0.29) is 33.0 Å². The third-order valence-corrected chi connectivity index (χ3v) is 4.77. The van der Waals surface area contributed by atoms with Crippen molar-refractivity contribution >= 4 is 49.0 Å². The van der Waals surface area contributed by atoms with E-state index in [4.69, 9.17) is 9.47 Å². The SMILES string of the molecule is COc1ccc2cccc(OC)c2c1C(=O)Pc1ccccc1.[LiH]. The van der Waals surface area contributed by atoms with Gasteiger partial charge in [0, 0.05) is 5.39 Å². The third kappa shape index (κ3) is 3.65. The van der Waals surface area contributed by atoms with Gasteiger partial charge in [-0.15, -0.1) is 0 Å². The molecule has 0 N–H and O–H groups in total. The second kappa shape index (κ2) is 8.36. The van der Waals surface area contributed by atoms with Crippen LogP contribution in [0.1, 0.15) is 10.4 Å². The van der Waals surface area contributed by atoms with Crippen LogP contribution in [0.25, 0.3) is 10.8 Å². The van der Waals surface area contributed by atoms with Crippen LogP contribution in [0.5, 0.6) is 11.5 Å². The number of fused-ring (bicyclic) bond motifs is 1. The Bertz CT molecular complexity index is 850. The van der Waals surface area contributed by atoms with Crippen molar-refractivity contribution in [1.82, 2.24) is 0 Å². The van der Waals surface area contributed by atoms with Gasteiger partial charge >= 0.3 is 18.9 Å². The van der Waals surface area contributed by atoms with E-state index >= 15 is 0 Å². The molecule has 0 fully saturated rings. The molecule has 3 aromatic rings. The maximum atomic E-state index is 13.0. The van der Waals surface area contributed by atoms with Crippen LogP contribution in [0, 0.1) is 0 Å². The van der Waals surface area contributed by atoms with Crippen LogP contribution in [0.4, 0.5) is 0 Å². The van der Waals surface area contributed by atoms with Gasteiger partial charge in [0.15, 0.2) is 5.52 Å². The van der Waals surface area contributed by atoms with Crippen molar-refractivity contribution in [3.8, 4) is 11.5 Å². The molecule has 0 spiro atoms. The van der Waals surface area contributed by atoms with Gasteiger partial charge in [-0.2, -0.15) is 0 Å². The first-order valence-corrected chi connectivity index (χ1v) is 8.24. The zero-order valence-corrected chi connectivity index (χ0v) is 14.0. The monoisotopic (exact) mass is 332 g/mol. The second-order valence-electron chi connectivity index (χ2n) is 5.02. The summed E-state index contributed by atoms with van der Waals surface area (Å²) in [4.78, 5) is 13.0. The molecule has 0 aliphatic carbocycles. The summed E-state index contributed by atoms with van der Waals surface area (Å²) in [7, 11) is 3.24. The quantitative estimate of drug-likeness (QED) is 0.531. The molecule has 0 saturated carbocycles. The fraction of sp³-hybridized carbons (Fsp3) is 0.105. The van der Waals surface area contributed by atoms with E-state index in [1.165, 1.54) is 0 Å². The van der Waals surface area contributed by atoms with E-state index in [0.717, 1.165) is 16.1 Å². The predicted molar refractivity (Wildman–Crippen MR) is 103 cm³/mol. The van der Waals surface area contributed by atoms with E-state index < -0.39 is 0 Å². The van der Waals surface area contributed by atoms with E-state index in [1.807, 2.05) is 60.7 Å². The average Bonchev–Trinajstić information content (AvgIpc) is 2.60. The molecule has 118 valence electrons. The molecule has 0 heterocycles. The number of methoxy groups -OCH3 is 2. The van der Waals surface area contributed by atoms with Crippen molar-refractivity contribution < 1.29 is 14.3 Å². The fourth-order valence-corrected chi connectivity index (χ4v) is 3.60. The summed E-state index contributed by atoms with van der Waals surface area (Å²) in [6, 6.07) is 19.3. The molecular weight excluding hydrogens is 314 g/mol. The predicted octanol–water partition coefficient (Wildman–Crippen LogP) is 3.35. The zero-order valence-electron chi connectivity index (χ0n) is 13.0. The van der Waals surface area contributed by atoms with Crippen molar-refractivity contribution in [2.75, 3.05) is 14.2 Å². The van der Waals surface area contributed by atoms with Gasteiger partial charge in [0.2, 0.25) is 0 Å². The number of benzene rings is 3. The maximum absolute atomic E-state index is 13.0. The van der Waals surface area contributed by atoms with Gasteiger partial charge in [0.25, 0.3) is 0 Å². The van der Waals surface area contributed by atoms with E-state index in [9.17, 15) is 4.79 Å². The summed E-state index contributed by atoms with van der Waals surface area (Å²) >= 11 is 0. The van der Waals surface area contributed by atoms with Crippen molar-refractivity contribution in [2.24, 2.45) is 0 Å². The van der Waals surface area contributed by atoms with Gasteiger partial charge in [-0.3, -0.25) is 4.79 Å². The Kier molecular flexibility index (Phi) is 6.46. The summed E-state index contributed by atoms with van der Waals surface area (Å²) in [5.74, 6) is 1.26. The Balaban J connectivity index is 0.00000208. The average molecular weight is 332 g/mol. The Morgan fingerprint density at radius 1 is 0.833 bits per heavy atom. The number of carbonyl (C=O) groups excluding carboxylic acids is 1. The molecule has 3 nitrogen and oxygen atoms in total. The van der Waals surface area contributed by atoms with Crippen LogP contribution < -0.4 is 14.8 Å². The van der Waals surface area contributed by atoms with E-state index in [1.54, 1.807) is 14.2 Å². The van der Waals surface area contributed by atoms with Gasteiger partial charge in [-0.05, 0) is 31.4 Å². The topological polar surface area (TPSA) is 35.5 Å². The van der Waals surface area contributed by atoms with Gasteiger partial charge in [-0.1, -0.05) is 48.5 Å². The molecule has 1 atom stereocenters. The summed E-state index contributed by atoms with van der Waals surface area (Å²) in [6.07, 6.45) is 0. The van der Waals surface area contributed by atoms with Crippen molar-refractivity contribution in [1.29, 1.82) is 0 Å². The molecule has 0 bridgehead atoms. The first kappa shape index (κ1) is 18.6. The summed E-state index contributed by atoms with van der Waals surface area (Å²) < 4.78 is 10.9. The Hall–Kier alpha value is -1.78. The van der Waals surface area contributed by atoms with Gasteiger partial charge in [0.1, 0.15) is 11.5 Å². The molecular formula is C19H18LiO3P. The summed E-state index contributed by atoms with van der Waals surface area (Å²) in [6.45, 7) is 0. The Labute approximate surface area is 155 Å². The van der Waals surface area contributed by atoms with Gasteiger partial charge in [0.05, 0.1) is 19.8 Å². The molecule has 0 saturated heterocycles. The minimum absolute atomic E-state index is 0. The number of carbonyl (C=O) groups is 1. The van der Waals surface area contributed by atoms with Crippen LogP contribution >= 0.6 is 8.58 Å². The minimum atomic E-state index is 0. The van der Waals surface area contributed by atoms with Crippen molar-refractivity contribution in [3.05, 3.63) is 66.2 Å². The Morgan fingerprint density at radius 2 is 1.54 bits per heavy atom. The van der Waals surface area contributed by atoms with E-state index in [0.29, 0.717) is 17.1 Å². The molecule has 5 heteroatoms. The molecule has 1 unspecified atom stereocenters. The molecule has 0 aliphatic rings. The van der Waals surface area contributed by atoms with Gasteiger partial charge < -0.3 is 9.47 Å². The molecule has 3 rings (SSSR count). The van der Waals surface area contributed by atoms with Crippen LogP contribution in [0.15, 0.2) is 60.7 Å². The number of ether oxygens (including phenoxy) is 2. The van der Waals surface area contributed by atoms with Crippen LogP contribution in [0.2, 0.25) is 0 Å². The van der Waals surface area contributed by atoms with Crippen LogP contribution in [-0.2, 0) is 0 Å². The summed E-state index contributed by atoms with van der Waals surface area (Å²) in [5.41, 5.74) is 0.632. The van der Waals surface area contributed by atoms with Crippen molar-refractivity contribution in [3.63, 3.8) is 0 Å². The standard InChI is InChI=1S/C19H17O3P.Li.H/c1-21-15-10-6-7-13-11-12-16(22-2)18(17(13)15)19(20)23-14-8-4-3-5-9-14;;/h3-12,23H,1-2H3;;. The molecule has 0 aliphatic heterocycles. The normalized spacial score (nSPS) is 10.6. The fourth-order valence-electron chi connectivity index (χ4n) is 2.61. The van der Waals surface area contributed by atoms with E-state index in [2.05, 4.69) is 0 Å². The van der Waals surface area contributed by atoms with Crippen LogP contribution in [0.3, 0.4) is 0 Å². The van der Waals surface area contributed by atoms with Crippen molar-refractivity contribution in [2.45, 2.75) is 0 Å². The van der Waals surface area contributed by atoms with Crippen LogP contribution in [-0.4, -0.2) is 38.6 Å². The second-order valence-corrected chi connectivity index (χ2v) is 6.30. The number of rotatable bonds is 5. The number of hydrogen-bond donors (Lipinski definition) is 0. The molecule has 24 heavy (non-hydrogen) atoms. The third-order valence-electron chi connectivity index (χ3n) is 3.67. The molecule has 0 aromatic heterocycles. The van der Waals surface area contributed by atoms with Gasteiger partial charge in [-0.25, -0.2) is 0 Å². The molecule has 3 aromatic carbocycles. The first-order valence-electron chi connectivity index (χ1n) is 7.24. The zero-order chi connectivity index (χ0) is 16.2. The molecule has 0 amide bonds. The number of hydrogen-bond acceptors (Lipinski definition) is 3. The Morgan fingerprint density at radius 3 is 2.21 bits per heavy atom.